The fourth-order valence-corrected chi connectivity index (χ4v) is 3.79. The SMILES string of the molecule is Clc1ccc2sc3nc4cccc(Cl)c4c-3cc2c1. The Bertz CT molecular complexity index is 897. The van der Waals surface area contributed by atoms with Crippen LogP contribution in [0, 0.1) is 0 Å². The van der Waals surface area contributed by atoms with Crippen molar-refractivity contribution in [3.8, 4) is 10.6 Å². The summed E-state index contributed by atoms with van der Waals surface area (Å²) in [5.41, 5.74) is 2.04. The van der Waals surface area contributed by atoms with Gasteiger partial charge in [-0.15, -0.1) is 11.3 Å². The van der Waals surface area contributed by atoms with Crippen molar-refractivity contribution < 1.29 is 0 Å². The van der Waals surface area contributed by atoms with Gasteiger partial charge in [-0.3, -0.25) is 0 Å². The van der Waals surface area contributed by atoms with E-state index in [9.17, 15) is 0 Å². The third kappa shape index (κ3) is 1.71. The van der Waals surface area contributed by atoms with Gasteiger partial charge in [-0.05, 0) is 41.8 Å². The second kappa shape index (κ2) is 4.07. The molecule has 19 heavy (non-hydrogen) atoms. The van der Waals surface area contributed by atoms with Crippen molar-refractivity contribution in [2.75, 3.05) is 0 Å². The van der Waals surface area contributed by atoms with Crippen LogP contribution in [-0.2, 0) is 0 Å². The predicted octanol–water partition coefficient (Wildman–Crippen LogP) is 5.86. The molecule has 2 aromatic carbocycles. The Labute approximate surface area is 123 Å². The zero-order valence-corrected chi connectivity index (χ0v) is 12.0. The van der Waals surface area contributed by atoms with Gasteiger partial charge in [0.25, 0.3) is 0 Å². The summed E-state index contributed by atoms with van der Waals surface area (Å²) in [4.78, 5) is 4.65. The minimum atomic E-state index is 0.744. The van der Waals surface area contributed by atoms with E-state index in [0.29, 0.717) is 0 Å². The van der Waals surface area contributed by atoms with E-state index >= 15 is 0 Å². The van der Waals surface area contributed by atoms with Gasteiger partial charge in [0.2, 0.25) is 0 Å². The lowest BCUT2D eigenvalue weighted by Gasteiger charge is -2.03. The van der Waals surface area contributed by atoms with Crippen molar-refractivity contribution in [2.24, 2.45) is 0 Å². The van der Waals surface area contributed by atoms with Crippen LogP contribution in [0.5, 0.6) is 0 Å². The summed E-state index contributed by atoms with van der Waals surface area (Å²) in [5.74, 6) is 0. The molecule has 2 aromatic rings. The molecule has 0 aliphatic carbocycles. The molecule has 2 heterocycles. The monoisotopic (exact) mass is 303 g/mol. The van der Waals surface area contributed by atoms with E-state index in [2.05, 4.69) is 11.1 Å². The van der Waals surface area contributed by atoms with Gasteiger partial charge in [0.1, 0.15) is 5.01 Å². The summed E-state index contributed by atoms with van der Waals surface area (Å²) < 4.78 is 1.18. The smallest absolute Gasteiger partial charge is 0.125 e. The highest BCUT2D eigenvalue weighted by Crippen LogP contribution is 2.41. The van der Waals surface area contributed by atoms with Crippen LogP contribution in [0.3, 0.4) is 0 Å². The molecule has 0 bridgehead atoms. The summed E-state index contributed by atoms with van der Waals surface area (Å²) >= 11 is 14.0. The van der Waals surface area contributed by atoms with Crippen molar-refractivity contribution in [2.45, 2.75) is 0 Å². The molecular weight excluding hydrogens is 297 g/mol. The Morgan fingerprint density at radius 2 is 1.89 bits per heavy atom. The summed E-state index contributed by atoms with van der Waals surface area (Å²) in [6.07, 6.45) is 0. The molecule has 0 saturated carbocycles. The lowest BCUT2D eigenvalue weighted by atomic mass is 10.1. The number of hydrogen-bond donors (Lipinski definition) is 0. The third-order valence-electron chi connectivity index (χ3n) is 3.19. The van der Waals surface area contributed by atoms with Crippen LogP contribution in [0.4, 0.5) is 0 Å². The number of benzene rings is 2. The Kier molecular flexibility index (Phi) is 2.46. The maximum atomic E-state index is 6.30. The third-order valence-corrected chi connectivity index (χ3v) is 4.84. The number of fused-ring (bicyclic) bond motifs is 4. The van der Waals surface area contributed by atoms with Crippen molar-refractivity contribution in [1.82, 2.24) is 4.98 Å². The van der Waals surface area contributed by atoms with E-state index < -0.39 is 0 Å². The Morgan fingerprint density at radius 3 is 2.79 bits per heavy atom. The number of nitrogens with zero attached hydrogens (tertiary/aromatic N) is 1. The molecule has 0 spiro atoms. The molecule has 0 saturated heterocycles. The highest BCUT2D eigenvalue weighted by Gasteiger charge is 2.16. The first-order valence-electron chi connectivity index (χ1n) is 5.79. The van der Waals surface area contributed by atoms with Gasteiger partial charge >= 0.3 is 0 Å². The first kappa shape index (κ1) is 11.5. The zero-order chi connectivity index (χ0) is 13.0. The Morgan fingerprint density at radius 1 is 1.00 bits per heavy atom. The number of aromatic nitrogens is 1. The first-order chi connectivity index (χ1) is 9.22. The van der Waals surface area contributed by atoms with Gasteiger partial charge in [-0.25, -0.2) is 4.98 Å². The highest BCUT2D eigenvalue weighted by atomic mass is 35.5. The average Bonchev–Trinajstić information content (AvgIpc) is 2.74. The largest absolute Gasteiger partial charge is 0.237 e. The molecule has 0 atom stereocenters. The average molecular weight is 304 g/mol. The summed E-state index contributed by atoms with van der Waals surface area (Å²) in [5, 5.41) is 4.65. The summed E-state index contributed by atoms with van der Waals surface area (Å²) in [7, 11) is 0. The number of rotatable bonds is 0. The fraction of sp³-hybridized carbons (Fsp3) is 0. The van der Waals surface area contributed by atoms with Crippen molar-refractivity contribution >= 4 is 55.5 Å². The van der Waals surface area contributed by atoms with Gasteiger partial charge in [-0.2, -0.15) is 0 Å². The van der Waals surface area contributed by atoms with Crippen LogP contribution >= 0.6 is 34.5 Å². The molecule has 0 N–H and O–H groups in total. The second-order valence-corrected chi connectivity index (χ2v) is 6.27. The molecule has 92 valence electrons. The molecule has 1 nitrogen and oxygen atoms in total. The van der Waals surface area contributed by atoms with Crippen LogP contribution in [-0.4, -0.2) is 4.98 Å². The standard InChI is InChI=1S/C15H7Cl2NS/c16-9-4-5-13-8(6-9)7-10-14-11(17)2-1-3-12(14)18-15(10)19-13/h1-7H. The quantitative estimate of drug-likeness (QED) is 0.396. The normalized spacial score (nSPS) is 11.7. The first-order valence-corrected chi connectivity index (χ1v) is 7.37. The topological polar surface area (TPSA) is 12.9 Å². The lowest BCUT2D eigenvalue weighted by Crippen LogP contribution is -1.76. The number of halogens is 2. The van der Waals surface area contributed by atoms with Crippen LogP contribution in [0.2, 0.25) is 10.0 Å². The van der Waals surface area contributed by atoms with E-state index in [1.165, 1.54) is 4.70 Å². The molecule has 0 amide bonds. The fourth-order valence-electron chi connectivity index (χ4n) is 2.35. The van der Waals surface area contributed by atoms with E-state index in [4.69, 9.17) is 23.2 Å². The Hall–Kier alpha value is -1.35. The van der Waals surface area contributed by atoms with Gasteiger partial charge < -0.3 is 0 Å². The predicted molar refractivity (Wildman–Crippen MR) is 83.8 cm³/mol. The maximum absolute atomic E-state index is 6.30. The zero-order valence-electron chi connectivity index (χ0n) is 9.65. The van der Waals surface area contributed by atoms with Crippen LogP contribution in [0.1, 0.15) is 0 Å². The minimum Gasteiger partial charge on any atom is -0.237 e. The van der Waals surface area contributed by atoms with Crippen molar-refractivity contribution in [3.05, 3.63) is 52.5 Å². The molecule has 0 fully saturated rings. The van der Waals surface area contributed by atoms with Gasteiger partial charge in [-0.1, -0.05) is 29.3 Å². The van der Waals surface area contributed by atoms with Crippen LogP contribution in [0.25, 0.3) is 31.6 Å². The molecule has 0 aromatic heterocycles. The molecule has 2 aliphatic heterocycles. The summed E-state index contributed by atoms with van der Waals surface area (Å²) in [6.45, 7) is 0. The van der Waals surface area contributed by atoms with E-state index in [0.717, 1.165) is 36.9 Å². The Balaban J connectivity index is 2.22. The highest BCUT2D eigenvalue weighted by molar-refractivity contribution is 7.21. The summed E-state index contributed by atoms with van der Waals surface area (Å²) in [6, 6.07) is 13.8. The minimum absolute atomic E-state index is 0.744. The van der Waals surface area contributed by atoms with E-state index in [1.54, 1.807) is 11.3 Å². The van der Waals surface area contributed by atoms with Gasteiger partial charge in [0.05, 0.1) is 10.5 Å². The molecule has 4 rings (SSSR count). The number of hydrogen-bond acceptors (Lipinski definition) is 2. The van der Waals surface area contributed by atoms with E-state index in [1.807, 2.05) is 36.4 Å². The second-order valence-electron chi connectivity index (χ2n) is 4.39. The molecular formula is C15H7Cl2NS. The molecule has 2 aliphatic rings. The molecule has 4 heteroatoms. The maximum Gasteiger partial charge on any atom is 0.125 e. The van der Waals surface area contributed by atoms with Crippen molar-refractivity contribution in [1.29, 1.82) is 0 Å². The molecule has 0 radical (unpaired) electrons. The molecule has 0 unspecified atom stereocenters. The van der Waals surface area contributed by atoms with Crippen LogP contribution < -0.4 is 0 Å². The lowest BCUT2D eigenvalue weighted by molar-refractivity contribution is 1.52. The van der Waals surface area contributed by atoms with Crippen LogP contribution in [0.15, 0.2) is 42.5 Å². The van der Waals surface area contributed by atoms with E-state index in [-0.39, 0.29) is 0 Å². The van der Waals surface area contributed by atoms with Gasteiger partial charge in [0.15, 0.2) is 0 Å². The van der Waals surface area contributed by atoms with Crippen molar-refractivity contribution in [3.63, 3.8) is 0 Å². The van der Waals surface area contributed by atoms with Gasteiger partial charge in [0, 0.05) is 20.7 Å².